The molecule has 0 bridgehead atoms. The first kappa shape index (κ1) is 14.3. The minimum absolute atomic E-state index is 0.0604. The van der Waals surface area contributed by atoms with E-state index in [1.165, 1.54) is 16.2 Å². The molecule has 2 N–H and O–H groups in total. The largest absolute Gasteiger partial charge is 0.481 e. The highest BCUT2D eigenvalue weighted by Gasteiger charge is 2.13. The number of carboxylic acid groups (broad SMARTS) is 1. The highest BCUT2D eigenvalue weighted by Crippen LogP contribution is 2.22. The number of fused-ring (bicyclic) bond motifs is 1. The van der Waals surface area contributed by atoms with Gasteiger partial charge in [0.25, 0.3) is 0 Å². The van der Waals surface area contributed by atoms with E-state index in [9.17, 15) is 9.59 Å². The summed E-state index contributed by atoms with van der Waals surface area (Å²) in [5.74, 6) is -0.915. The van der Waals surface area contributed by atoms with E-state index in [-0.39, 0.29) is 19.0 Å². The van der Waals surface area contributed by atoms with Crippen LogP contribution < -0.4 is 5.32 Å². The van der Waals surface area contributed by atoms with E-state index in [0.717, 1.165) is 10.2 Å². The normalized spacial score (nSPS) is 10.4. The van der Waals surface area contributed by atoms with Crippen LogP contribution in [0.1, 0.15) is 13.3 Å². The van der Waals surface area contributed by atoms with Crippen LogP contribution in [0.5, 0.6) is 0 Å². The maximum atomic E-state index is 12.0. The number of carbonyl (C=O) groups is 2. The fraction of sp³-hybridized carbons (Fsp3) is 0.308. The number of anilines is 1. The van der Waals surface area contributed by atoms with Crippen LogP contribution in [0.2, 0.25) is 0 Å². The van der Waals surface area contributed by atoms with Crippen LogP contribution in [0.25, 0.3) is 10.2 Å². The van der Waals surface area contributed by atoms with Gasteiger partial charge in [0, 0.05) is 18.8 Å². The summed E-state index contributed by atoms with van der Waals surface area (Å²) in [6.07, 6.45) is -0.0604. The molecule has 1 aromatic carbocycles. The van der Waals surface area contributed by atoms with Crippen LogP contribution in [0.15, 0.2) is 23.7 Å². The number of benzene rings is 1. The predicted octanol–water partition coefficient (Wildman–Crippen LogP) is 2.62. The lowest BCUT2D eigenvalue weighted by Gasteiger charge is -2.20. The Balaban J connectivity index is 2.03. The summed E-state index contributed by atoms with van der Waals surface area (Å²) >= 11 is 1.50. The van der Waals surface area contributed by atoms with Crippen molar-refractivity contribution in [2.75, 3.05) is 18.4 Å². The average Bonchev–Trinajstić information content (AvgIpc) is 2.86. The van der Waals surface area contributed by atoms with Gasteiger partial charge in [-0.2, -0.15) is 0 Å². The SMILES string of the molecule is CCN(CCC(=O)O)C(=O)Nc1ccc2ncsc2c1. The molecule has 0 aliphatic rings. The third-order valence-corrected chi connectivity index (χ3v) is 3.64. The van der Waals surface area contributed by atoms with Crippen LogP contribution >= 0.6 is 11.3 Å². The van der Waals surface area contributed by atoms with Crippen LogP contribution in [-0.4, -0.2) is 40.1 Å². The number of hydrogen-bond donors (Lipinski definition) is 2. The summed E-state index contributed by atoms with van der Waals surface area (Å²) in [6.45, 7) is 2.47. The monoisotopic (exact) mass is 293 g/mol. The van der Waals surface area contributed by atoms with Crippen molar-refractivity contribution in [2.24, 2.45) is 0 Å². The number of nitrogens with one attached hydrogen (secondary N) is 1. The van der Waals surface area contributed by atoms with Gasteiger partial charge in [0.05, 0.1) is 22.1 Å². The van der Waals surface area contributed by atoms with Crippen molar-refractivity contribution in [1.29, 1.82) is 0 Å². The molecule has 0 unspecified atom stereocenters. The smallest absolute Gasteiger partial charge is 0.321 e. The van der Waals surface area contributed by atoms with E-state index >= 15 is 0 Å². The number of aliphatic carboxylic acids is 1. The molecule has 0 fully saturated rings. The number of hydrogen-bond acceptors (Lipinski definition) is 4. The molecule has 2 rings (SSSR count). The van der Waals surface area contributed by atoms with E-state index < -0.39 is 5.97 Å². The highest BCUT2D eigenvalue weighted by molar-refractivity contribution is 7.16. The van der Waals surface area contributed by atoms with Crippen molar-refractivity contribution in [2.45, 2.75) is 13.3 Å². The minimum atomic E-state index is -0.915. The number of urea groups is 1. The summed E-state index contributed by atoms with van der Waals surface area (Å²) in [6, 6.07) is 5.19. The van der Waals surface area contributed by atoms with Crippen LogP contribution in [-0.2, 0) is 4.79 Å². The van der Waals surface area contributed by atoms with Gasteiger partial charge >= 0.3 is 12.0 Å². The van der Waals surface area contributed by atoms with Crippen molar-refractivity contribution in [3.8, 4) is 0 Å². The molecule has 1 aromatic heterocycles. The number of thiazole rings is 1. The molecule has 20 heavy (non-hydrogen) atoms. The summed E-state index contributed by atoms with van der Waals surface area (Å²) in [5, 5.41) is 11.4. The fourth-order valence-electron chi connectivity index (χ4n) is 1.77. The molecule has 0 atom stereocenters. The van der Waals surface area contributed by atoms with Gasteiger partial charge in [0.2, 0.25) is 0 Å². The molecule has 0 radical (unpaired) electrons. The van der Waals surface area contributed by atoms with Crippen molar-refractivity contribution < 1.29 is 14.7 Å². The molecule has 6 nitrogen and oxygen atoms in total. The first-order chi connectivity index (χ1) is 9.60. The summed E-state index contributed by atoms with van der Waals surface area (Å²) in [7, 11) is 0. The molecule has 106 valence electrons. The molecule has 7 heteroatoms. The molecule has 2 aromatic rings. The van der Waals surface area contributed by atoms with E-state index in [4.69, 9.17) is 5.11 Å². The Hall–Kier alpha value is -2.15. The zero-order valence-electron chi connectivity index (χ0n) is 11.0. The fourth-order valence-corrected chi connectivity index (χ4v) is 2.49. The summed E-state index contributed by atoms with van der Waals surface area (Å²) in [4.78, 5) is 28.2. The Bertz CT molecular complexity index is 626. The van der Waals surface area contributed by atoms with Crippen LogP contribution in [0.3, 0.4) is 0 Å². The molecule has 0 aliphatic heterocycles. The number of amides is 2. The second kappa shape index (κ2) is 6.33. The molecular formula is C13H15N3O3S. The van der Waals surface area contributed by atoms with Crippen molar-refractivity contribution in [3.63, 3.8) is 0 Å². The Labute approximate surface area is 120 Å². The zero-order valence-corrected chi connectivity index (χ0v) is 11.8. The standard InChI is InChI=1S/C13H15N3O3S/c1-2-16(6-5-12(17)18)13(19)15-9-3-4-10-11(7-9)20-8-14-10/h3-4,7-8H,2,5-6H2,1H3,(H,15,19)(H,17,18). The molecule has 2 amide bonds. The van der Waals surface area contributed by atoms with E-state index in [1.54, 1.807) is 11.6 Å². The van der Waals surface area contributed by atoms with Gasteiger partial charge in [0.1, 0.15) is 0 Å². The van der Waals surface area contributed by atoms with Gasteiger partial charge < -0.3 is 15.3 Å². The van der Waals surface area contributed by atoms with E-state index in [0.29, 0.717) is 12.2 Å². The summed E-state index contributed by atoms with van der Waals surface area (Å²) in [5.41, 5.74) is 3.33. The first-order valence-electron chi connectivity index (χ1n) is 6.21. The number of rotatable bonds is 5. The molecule has 0 saturated carbocycles. The number of carboxylic acids is 1. The molecule has 0 aliphatic carbocycles. The van der Waals surface area contributed by atoms with Crippen LogP contribution in [0.4, 0.5) is 10.5 Å². The van der Waals surface area contributed by atoms with E-state index in [2.05, 4.69) is 10.3 Å². The van der Waals surface area contributed by atoms with Crippen molar-refractivity contribution in [3.05, 3.63) is 23.7 Å². The number of aromatic nitrogens is 1. The lowest BCUT2D eigenvalue weighted by atomic mass is 10.3. The molecule has 1 heterocycles. The lowest BCUT2D eigenvalue weighted by Crippen LogP contribution is -2.36. The van der Waals surface area contributed by atoms with Crippen molar-refractivity contribution >= 4 is 39.2 Å². The summed E-state index contributed by atoms with van der Waals surface area (Å²) < 4.78 is 0.997. The second-order valence-corrected chi connectivity index (χ2v) is 5.07. The topological polar surface area (TPSA) is 82.5 Å². The molecule has 0 spiro atoms. The lowest BCUT2D eigenvalue weighted by molar-refractivity contribution is -0.137. The van der Waals surface area contributed by atoms with Gasteiger partial charge in [-0.15, -0.1) is 11.3 Å². The average molecular weight is 293 g/mol. The number of nitrogens with zero attached hydrogens (tertiary/aromatic N) is 2. The van der Waals surface area contributed by atoms with Gasteiger partial charge in [0.15, 0.2) is 0 Å². The van der Waals surface area contributed by atoms with Gasteiger partial charge in [-0.3, -0.25) is 4.79 Å². The Morgan fingerprint density at radius 1 is 1.45 bits per heavy atom. The molecule has 0 saturated heterocycles. The van der Waals surface area contributed by atoms with Crippen LogP contribution in [0, 0.1) is 0 Å². The third-order valence-electron chi connectivity index (χ3n) is 2.85. The van der Waals surface area contributed by atoms with Gasteiger partial charge in [-0.05, 0) is 25.1 Å². The highest BCUT2D eigenvalue weighted by atomic mass is 32.1. The quantitative estimate of drug-likeness (QED) is 0.887. The maximum absolute atomic E-state index is 12.0. The van der Waals surface area contributed by atoms with E-state index in [1.807, 2.05) is 19.1 Å². The second-order valence-electron chi connectivity index (χ2n) is 4.19. The Kier molecular flexibility index (Phi) is 4.52. The number of carbonyl (C=O) groups excluding carboxylic acids is 1. The van der Waals surface area contributed by atoms with Crippen molar-refractivity contribution in [1.82, 2.24) is 9.88 Å². The molecular weight excluding hydrogens is 278 g/mol. The predicted molar refractivity (Wildman–Crippen MR) is 78.1 cm³/mol. The Morgan fingerprint density at radius 2 is 2.25 bits per heavy atom. The zero-order chi connectivity index (χ0) is 14.5. The third kappa shape index (κ3) is 3.45. The maximum Gasteiger partial charge on any atom is 0.321 e. The van der Waals surface area contributed by atoms with Gasteiger partial charge in [-0.25, -0.2) is 9.78 Å². The first-order valence-corrected chi connectivity index (χ1v) is 7.09. The Morgan fingerprint density at radius 3 is 2.95 bits per heavy atom. The minimum Gasteiger partial charge on any atom is -0.481 e. The van der Waals surface area contributed by atoms with Gasteiger partial charge in [-0.1, -0.05) is 0 Å².